The van der Waals surface area contributed by atoms with Gasteiger partial charge in [0.25, 0.3) is 0 Å². The smallest absolute Gasteiger partial charge is 0.228 e. The number of anilines is 1. The number of hydrogen-bond donors (Lipinski definition) is 1. The second-order valence-corrected chi connectivity index (χ2v) is 13.7. The van der Waals surface area contributed by atoms with E-state index in [1.807, 2.05) is 42.5 Å². The van der Waals surface area contributed by atoms with Gasteiger partial charge in [-0.25, -0.2) is 13.4 Å². The fourth-order valence-electron chi connectivity index (χ4n) is 7.12. The number of carbonyl (C=O) groups excluding carboxylic acids is 1. The van der Waals surface area contributed by atoms with Crippen LogP contribution in [-0.4, -0.2) is 70.4 Å². The molecule has 0 saturated carbocycles. The van der Waals surface area contributed by atoms with Gasteiger partial charge < -0.3 is 15.4 Å². The summed E-state index contributed by atoms with van der Waals surface area (Å²) < 4.78 is 33.3. The molecule has 3 aromatic heterocycles. The minimum Gasteiger partial charge on any atom is -0.382 e. The van der Waals surface area contributed by atoms with Crippen molar-refractivity contribution in [1.82, 2.24) is 24.5 Å². The number of fused-ring (bicyclic) bond motifs is 3. The molecule has 3 aliphatic heterocycles. The molecule has 218 valence electrons. The molecule has 2 bridgehead atoms. The Hall–Kier alpha value is -3.83. The van der Waals surface area contributed by atoms with Crippen molar-refractivity contribution in [3.8, 4) is 22.4 Å². The molecule has 4 atom stereocenters. The highest BCUT2D eigenvalue weighted by Gasteiger charge is 2.46. The molecular weight excluding hydrogens is 552 g/mol. The summed E-state index contributed by atoms with van der Waals surface area (Å²) in [5, 5.41) is 4.44. The molecule has 0 spiro atoms. The van der Waals surface area contributed by atoms with Crippen LogP contribution in [0, 0.1) is 5.92 Å². The van der Waals surface area contributed by atoms with Gasteiger partial charge >= 0.3 is 0 Å². The van der Waals surface area contributed by atoms with Gasteiger partial charge in [-0.05, 0) is 44.6 Å². The number of hydrogen-bond acceptors (Lipinski definition) is 8. The number of sulfone groups is 1. The Balaban J connectivity index is 1.25. The second kappa shape index (κ2) is 10.5. The third-order valence-corrected chi connectivity index (χ3v) is 10.2. The summed E-state index contributed by atoms with van der Waals surface area (Å²) in [5.74, 6) is -0.00175. The molecule has 4 aromatic rings. The van der Waals surface area contributed by atoms with Crippen molar-refractivity contribution in [2.75, 3.05) is 25.2 Å². The first-order valence-electron chi connectivity index (χ1n) is 14.6. The topological polar surface area (TPSA) is 133 Å². The zero-order valence-electron chi connectivity index (χ0n) is 23.5. The highest BCUT2D eigenvalue weighted by molar-refractivity contribution is 7.91. The van der Waals surface area contributed by atoms with Crippen LogP contribution in [-0.2, 0) is 19.4 Å². The van der Waals surface area contributed by atoms with E-state index in [0.29, 0.717) is 37.4 Å². The van der Waals surface area contributed by atoms with Crippen molar-refractivity contribution in [3.05, 3.63) is 60.6 Å². The minimum atomic E-state index is -3.72. The van der Waals surface area contributed by atoms with Gasteiger partial charge in [-0.2, -0.15) is 9.61 Å². The molecule has 11 heteroatoms. The Morgan fingerprint density at radius 2 is 1.76 bits per heavy atom. The van der Waals surface area contributed by atoms with Gasteiger partial charge in [0.15, 0.2) is 15.5 Å². The zero-order valence-corrected chi connectivity index (χ0v) is 24.3. The number of carbonyl (C=O) groups is 1. The quantitative estimate of drug-likeness (QED) is 0.370. The molecule has 0 aliphatic carbocycles. The van der Waals surface area contributed by atoms with Crippen LogP contribution in [0.1, 0.15) is 50.1 Å². The molecule has 2 N–H and O–H groups in total. The van der Waals surface area contributed by atoms with E-state index in [0.717, 1.165) is 48.1 Å². The first-order chi connectivity index (χ1) is 20.3. The van der Waals surface area contributed by atoms with Crippen LogP contribution in [0.3, 0.4) is 0 Å². The number of rotatable bonds is 5. The molecule has 42 heavy (non-hydrogen) atoms. The summed E-state index contributed by atoms with van der Waals surface area (Å²) >= 11 is 0. The maximum atomic E-state index is 13.5. The van der Waals surface area contributed by atoms with E-state index in [-0.39, 0.29) is 40.5 Å². The van der Waals surface area contributed by atoms with Crippen LogP contribution in [0.5, 0.6) is 0 Å². The first-order valence-corrected chi connectivity index (χ1v) is 16.5. The molecule has 3 aliphatic rings. The lowest BCUT2D eigenvalue weighted by Gasteiger charge is -2.41. The van der Waals surface area contributed by atoms with Crippen LogP contribution < -0.4 is 5.73 Å². The van der Waals surface area contributed by atoms with Crippen LogP contribution >= 0.6 is 0 Å². The first kappa shape index (κ1) is 27.0. The zero-order chi connectivity index (χ0) is 29.0. The number of nitrogens with two attached hydrogens (primary N) is 1. The van der Waals surface area contributed by atoms with E-state index in [1.165, 1.54) is 10.8 Å². The van der Waals surface area contributed by atoms with Gasteiger partial charge in [0.05, 0.1) is 30.1 Å². The van der Waals surface area contributed by atoms with Gasteiger partial charge in [0, 0.05) is 53.8 Å². The highest BCUT2D eigenvalue weighted by atomic mass is 32.2. The Morgan fingerprint density at radius 3 is 2.40 bits per heavy atom. The molecule has 7 rings (SSSR count). The monoisotopic (exact) mass is 586 g/mol. The van der Waals surface area contributed by atoms with E-state index >= 15 is 0 Å². The lowest BCUT2D eigenvalue weighted by atomic mass is 9.86. The number of nitrogens with zero attached hydrogens (tertiary/aromatic N) is 5. The van der Waals surface area contributed by atoms with Crippen LogP contribution in [0.15, 0.2) is 59.8 Å². The number of aromatic nitrogens is 4. The summed E-state index contributed by atoms with van der Waals surface area (Å²) in [7, 11) is -3.72. The van der Waals surface area contributed by atoms with Gasteiger partial charge in [0.1, 0.15) is 10.7 Å². The van der Waals surface area contributed by atoms with Crippen molar-refractivity contribution >= 4 is 27.2 Å². The molecular formula is C31H34N6O4S. The van der Waals surface area contributed by atoms with E-state index in [4.69, 9.17) is 15.5 Å². The van der Waals surface area contributed by atoms with E-state index < -0.39 is 9.84 Å². The average molecular weight is 587 g/mol. The third-order valence-electron chi connectivity index (χ3n) is 9.06. The number of amides is 1. The van der Waals surface area contributed by atoms with Gasteiger partial charge in [-0.1, -0.05) is 36.4 Å². The maximum absolute atomic E-state index is 13.5. The predicted octanol–water partition coefficient (Wildman–Crippen LogP) is 4.11. The minimum absolute atomic E-state index is 0.0343. The fraction of sp³-hybridized carbons (Fsp3) is 0.419. The van der Waals surface area contributed by atoms with Crippen LogP contribution in [0.2, 0.25) is 0 Å². The Bertz CT molecular complexity index is 1740. The van der Waals surface area contributed by atoms with Crippen LogP contribution in [0.25, 0.3) is 28.0 Å². The van der Waals surface area contributed by atoms with Crippen molar-refractivity contribution in [2.24, 2.45) is 5.92 Å². The van der Waals surface area contributed by atoms with Crippen LogP contribution in [0.4, 0.5) is 5.82 Å². The van der Waals surface area contributed by atoms with Gasteiger partial charge in [-0.15, -0.1) is 0 Å². The molecule has 10 nitrogen and oxygen atoms in total. The molecule has 1 unspecified atom stereocenters. The predicted molar refractivity (Wildman–Crippen MR) is 158 cm³/mol. The summed E-state index contributed by atoms with van der Waals surface area (Å²) in [6.07, 6.45) is 9.48. The molecule has 3 saturated heterocycles. The Morgan fingerprint density at radius 1 is 1.00 bits per heavy atom. The number of ether oxygens (including phenoxy) is 1. The fourth-order valence-corrected chi connectivity index (χ4v) is 8.18. The van der Waals surface area contributed by atoms with E-state index in [2.05, 4.69) is 15.0 Å². The third kappa shape index (κ3) is 4.64. The molecule has 3 fully saturated rings. The average Bonchev–Trinajstić information content (AvgIpc) is 3.55. The lowest BCUT2D eigenvalue weighted by molar-refractivity contribution is -0.144. The molecule has 6 heterocycles. The van der Waals surface area contributed by atoms with Gasteiger partial charge in [0.2, 0.25) is 5.91 Å². The molecule has 1 amide bonds. The summed E-state index contributed by atoms with van der Waals surface area (Å²) in [6.45, 7) is 1.20. The summed E-state index contributed by atoms with van der Waals surface area (Å²) in [4.78, 5) is 25.2. The largest absolute Gasteiger partial charge is 0.382 e. The van der Waals surface area contributed by atoms with Crippen molar-refractivity contribution < 1.29 is 17.9 Å². The maximum Gasteiger partial charge on any atom is 0.228 e. The molecule has 0 radical (unpaired) electrons. The number of nitrogen functional groups attached to an aromatic ring is 1. The normalized spacial score (nSPS) is 24.3. The van der Waals surface area contributed by atoms with Gasteiger partial charge in [-0.3, -0.25) is 9.78 Å². The number of benzene rings is 1. The van der Waals surface area contributed by atoms with E-state index in [1.54, 1.807) is 12.4 Å². The van der Waals surface area contributed by atoms with Crippen molar-refractivity contribution in [1.29, 1.82) is 0 Å². The van der Waals surface area contributed by atoms with Crippen molar-refractivity contribution in [3.63, 3.8) is 0 Å². The number of pyridine rings is 1. The lowest BCUT2D eigenvalue weighted by Crippen LogP contribution is -2.50. The molecule has 1 aromatic carbocycles. The highest BCUT2D eigenvalue weighted by Crippen LogP contribution is 2.46. The Labute approximate surface area is 244 Å². The van der Waals surface area contributed by atoms with E-state index in [9.17, 15) is 13.2 Å². The number of piperidine rings is 1. The Kier molecular flexibility index (Phi) is 6.73. The van der Waals surface area contributed by atoms with Crippen molar-refractivity contribution in [2.45, 2.75) is 61.4 Å². The summed E-state index contributed by atoms with van der Waals surface area (Å²) in [5.41, 5.74) is 10.9. The standard InChI is InChI=1S/C31H34N6O4S/c1-42(39,40)28-27(22-14-23-10-11-24(15-22)36(23)31(38)21-8-5-13-41-18-21)35-30-25(17-34-37(30)29(28)32)20-9-12-26(33-16-20)19-6-3-2-4-7-19/h2-4,6-7,9,12,16-17,21-24H,5,8,10-11,13-15,18,32H2,1H3/t21-,22?,23-,24+/m1/s1. The summed E-state index contributed by atoms with van der Waals surface area (Å²) in [6, 6.07) is 13.9. The second-order valence-electron chi connectivity index (χ2n) is 11.8. The SMILES string of the molecule is CS(=O)(=O)c1c(C2C[C@H]3CC[C@@H](C2)N3C(=O)[C@@H]2CCCOC2)nc2c(-c3ccc(-c4ccccc4)nc3)cnn2c1N.